The summed E-state index contributed by atoms with van der Waals surface area (Å²) in [5.74, 6) is -0.349. The monoisotopic (exact) mass is 896 g/mol. The van der Waals surface area contributed by atoms with Crippen molar-refractivity contribution >= 4 is 55.5 Å². The summed E-state index contributed by atoms with van der Waals surface area (Å²) in [6.07, 6.45) is 10.1. The van der Waals surface area contributed by atoms with Gasteiger partial charge in [0.15, 0.2) is 5.75 Å². The van der Waals surface area contributed by atoms with Gasteiger partial charge in [0, 0.05) is 74.3 Å². The van der Waals surface area contributed by atoms with Gasteiger partial charge in [-0.05, 0) is 116 Å². The SMILES string of the molecule is CO[C@H]1CC[C@H](COc2ccc(S(=O)(=O)NC(=O)c3ccc(N4CCN(CC5=C(c6ccc(Cl)cc6)CC(C)(C)CC5)CC4)cc3Oc3cnc4[nH]ccc4c3)cc2[N+](=O)[O-])CC1. The van der Waals surface area contributed by atoms with Crippen LogP contribution in [0.3, 0.4) is 0 Å². The van der Waals surface area contributed by atoms with Crippen LogP contribution in [0.15, 0.2) is 95.7 Å². The third-order valence-corrected chi connectivity index (χ3v) is 14.2. The summed E-state index contributed by atoms with van der Waals surface area (Å²) in [6, 6.07) is 20.2. The summed E-state index contributed by atoms with van der Waals surface area (Å²) in [5.41, 5.74) is 5.22. The smallest absolute Gasteiger partial charge is 0.312 e. The number of nitro benzene ring substituents is 1. The van der Waals surface area contributed by atoms with E-state index in [1.54, 1.807) is 31.5 Å². The molecule has 2 fully saturated rings. The van der Waals surface area contributed by atoms with Gasteiger partial charge in [-0.1, -0.05) is 43.2 Å². The lowest BCUT2D eigenvalue weighted by molar-refractivity contribution is -0.386. The minimum atomic E-state index is -4.59. The summed E-state index contributed by atoms with van der Waals surface area (Å²) in [5, 5.41) is 13.6. The minimum absolute atomic E-state index is 0.0444. The van der Waals surface area contributed by atoms with Crippen LogP contribution in [0.5, 0.6) is 17.2 Å². The van der Waals surface area contributed by atoms with Crippen LogP contribution in [0.25, 0.3) is 16.6 Å². The molecule has 16 heteroatoms. The largest absolute Gasteiger partial charge is 0.487 e. The van der Waals surface area contributed by atoms with Crippen LogP contribution in [0.1, 0.15) is 74.7 Å². The molecule has 1 aliphatic heterocycles. The number of amides is 1. The van der Waals surface area contributed by atoms with Gasteiger partial charge < -0.3 is 24.1 Å². The van der Waals surface area contributed by atoms with E-state index in [-0.39, 0.29) is 41.1 Å². The molecule has 1 amide bonds. The molecule has 5 aromatic rings. The fraction of sp³-hybridized carbons (Fsp3) is 0.404. The summed E-state index contributed by atoms with van der Waals surface area (Å²) in [7, 11) is -2.90. The average Bonchev–Trinajstić information content (AvgIpc) is 3.75. The standard InChI is InChI=1S/C47H53ClN6O8S/c1-47(2)18-16-34(41(27-47)32-6-8-35(48)9-7-32)29-52-20-22-53(23-21-52)36-10-14-40(44(25-36)62-38-24-33-17-19-49-45(33)50-28-38)46(55)51-63(58,59)39-13-15-43(42(26-39)54(56)57)61-30-31-4-11-37(60-3)12-5-31/h6-10,13-15,17,19,24-26,28,31,37H,4-5,11-12,16,18,20-23,27,29-30H2,1-3H3,(H,49,50)(H,51,55)/t31-,37-. The highest BCUT2D eigenvalue weighted by Crippen LogP contribution is 2.43. The van der Waals surface area contributed by atoms with Crippen molar-refractivity contribution in [3.63, 3.8) is 0 Å². The minimum Gasteiger partial charge on any atom is -0.487 e. The van der Waals surface area contributed by atoms with Crippen molar-refractivity contribution in [2.24, 2.45) is 11.3 Å². The van der Waals surface area contributed by atoms with Gasteiger partial charge in [-0.15, -0.1) is 0 Å². The first-order chi connectivity index (χ1) is 30.2. The van der Waals surface area contributed by atoms with E-state index in [1.165, 1.54) is 41.1 Å². The molecule has 2 aliphatic carbocycles. The Kier molecular flexibility index (Phi) is 13.1. The number of nitro groups is 1. The quantitative estimate of drug-likeness (QED) is 0.0805. The number of H-pyrrole nitrogens is 1. The number of carbonyl (C=O) groups is 1. The highest BCUT2D eigenvalue weighted by Gasteiger charge is 2.31. The Morgan fingerprint density at radius 2 is 1.75 bits per heavy atom. The predicted octanol–water partition coefficient (Wildman–Crippen LogP) is 9.41. The molecule has 8 rings (SSSR count). The topological polar surface area (TPSA) is 169 Å². The number of aromatic nitrogens is 2. The molecule has 0 radical (unpaired) electrons. The lowest BCUT2D eigenvalue weighted by atomic mass is 9.72. The Morgan fingerprint density at radius 3 is 2.48 bits per heavy atom. The van der Waals surface area contributed by atoms with Crippen LogP contribution in [0.2, 0.25) is 5.02 Å². The zero-order valence-electron chi connectivity index (χ0n) is 35.8. The van der Waals surface area contributed by atoms with Crippen molar-refractivity contribution < 1.29 is 32.3 Å². The van der Waals surface area contributed by atoms with E-state index >= 15 is 0 Å². The molecule has 3 aliphatic rings. The number of ether oxygens (including phenoxy) is 3. The number of benzene rings is 3. The Labute approximate surface area is 372 Å². The zero-order chi connectivity index (χ0) is 44.3. The molecule has 332 valence electrons. The average molecular weight is 897 g/mol. The third-order valence-electron chi connectivity index (χ3n) is 12.6. The summed E-state index contributed by atoms with van der Waals surface area (Å²) in [6.45, 7) is 8.87. The van der Waals surface area contributed by atoms with Crippen molar-refractivity contribution in [3.8, 4) is 17.2 Å². The summed E-state index contributed by atoms with van der Waals surface area (Å²) >= 11 is 6.24. The van der Waals surface area contributed by atoms with Crippen molar-refractivity contribution in [1.29, 1.82) is 0 Å². The Hall–Kier alpha value is -5.48. The highest BCUT2D eigenvalue weighted by molar-refractivity contribution is 7.90. The third kappa shape index (κ3) is 10.5. The lowest BCUT2D eigenvalue weighted by Gasteiger charge is -2.39. The number of piperazine rings is 1. The Morgan fingerprint density at radius 1 is 0.984 bits per heavy atom. The maximum absolute atomic E-state index is 13.9. The number of aromatic amines is 1. The van der Waals surface area contributed by atoms with E-state index in [0.717, 1.165) is 99.8 Å². The lowest BCUT2D eigenvalue weighted by Crippen LogP contribution is -2.47. The number of hydrogen-bond acceptors (Lipinski definition) is 11. The van der Waals surface area contributed by atoms with E-state index in [0.29, 0.717) is 11.4 Å². The van der Waals surface area contributed by atoms with Crippen LogP contribution in [0, 0.1) is 21.4 Å². The van der Waals surface area contributed by atoms with Crippen LogP contribution in [-0.4, -0.2) is 86.7 Å². The Bertz CT molecular complexity index is 2620. The maximum atomic E-state index is 13.9. The number of halogens is 1. The second-order valence-electron chi connectivity index (χ2n) is 17.6. The molecule has 14 nitrogen and oxygen atoms in total. The molecule has 2 N–H and O–H groups in total. The normalized spacial score (nSPS) is 19.5. The van der Waals surface area contributed by atoms with E-state index in [1.807, 2.05) is 18.2 Å². The van der Waals surface area contributed by atoms with Gasteiger partial charge >= 0.3 is 5.69 Å². The van der Waals surface area contributed by atoms with Crippen LogP contribution in [0.4, 0.5) is 11.4 Å². The number of methoxy groups -OCH3 is 1. The summed E-state index contributed by atoms with van der Waals surface area (Å²) < 4.78 is 47.1. The molecule has 0 spiro atoms. The van der Waals surface area contributed by atoms with Gasteiger partial charge in [-0.25, -0.2) is 18.1 Å². The van der Waals surface area contributed by atoms with Crippen molar-refractivity contribution in [1.82, 2.24) is 19.6 Å². The maximum Gasteiger partial charge on any atom is 0.312 e. The van der Waals surface area contributed by atoms with E-state index < -0.39 is 31.4 Å². The van der Waals surface area contributed by atoms with Gasteiger partial charge in [0.05, 0.1) is 34.3 Å². The molecule has 1 saturated heterocycles. The zero-order valence-corrected chi connectivity index (χ0v) is 37.3. The Balaban J connectivity index is 0.991. The van der Waals surface area contributed by atoms with Gasteiger partial charge in [-0.3, -0.25) is 19.8 Å². The number of hydrogen-bond donors (Lipinski definition) is 2. The van der Waals surface area contributed by atoms with E-state index in [2.05, 4.69) is 50.5 Å². The molecule has 1 saturated carbocycles. The van der Waals surface area contributed by atoms with Crippen LogP contribution >= 0.6 is 11.6 Å². The van der Waals surface area contributed by atoms with Crippen LogP contribution in [-0.2, 0) is 14.8 Å². The predicted molar refractivity (Wildman–Crippen MR) is 243 cm³/mol. The first-order valence-electron chi connectivity index (χ1n) is 21.4. The molecule has 0 atom stereocenters. The van der Waals surface area contributed by atoms with E-state index in [9.17, 15) is 23.3 Å². The number of anilines is 1. The van der Waals surface area contributed by atoms with Gasteiger partial charge in [-0.2, -0.15) is 0 Å². The fourth-order valence-electron chi connectivity index (χ4n) is 8.89. The highest BCUT2D eigenvalue weighted by atomic mass is 35.5. The molecule has 0 bridgehead atoms. The number of allylic oxidation sites excluding steroid dienone is 1. The first-order valence-corrected chi connectivity index (χ1v) is 23.3. The molecular weight excluding hydrogens is 844 g/mol. The number of fused-ring (bicyclic) bond motifs is 1. The number of rotatable bonds is 14. The van der Waals surface area contributed by atoms with Gasteiger partial charge in [0.2, 0.25) is 0 Å². The number of pyridine rings is 1. The number of carbonyl (C=O) groups excluding carboxylic acids is 1. The van der Waals surface area contributed by atoms with Gasteiger partial charge in [0.1, 0.15) is 17.1 Å². The van der Waals surface area contributed by atoms with Crippen molar-refractivity contribution in [3.05, 3.63) is 117 Å². The molecule has 63 heavy (non-hydrogen) atoms. The molecular formula is C47H53ClN6O8S. The van der Waals surface area contributed by atoms with Crippen LogP contribution < -0.4 is 19.1 Å². The van der Waals surface area contributed by atoms with Gasteiger partial charge in [0.25, 0.3) is 15.9 Å². The summed E-state index contributed by atoms with van der Waals surface area (Å²) in [4.78, 5) is 37.1. The molecule has 0 unspecified atom stereocenters. The number of nitrogens with one attached hydrogen (secondary N) is 2. The second-order valence-corrected chi connectivity index (χ2v) is 19.7. The number of nitrogens with zero attached hydrogens (tertiary/aromatic N) is 4. The molecule has 3 aromatic carbocycles. The first kappa shape index (κ1) is 44.1. The van der Waals surface area contributed by atoms with E-state index in [4.69, 9.17) is 25.8 Å². The van der Waals surface area contributed by atoms with Crippen molar-refractivity contribution in [2.75, 3.05) is 51.3 Å². The molecule has 2 aromatic heterocycles. The second kappa shape index (κ2) is 18.7. The van der Waals surface area contributed by atoms with Crippen molar-refractivity contribution in [2.45, 2.75) is 69.8 Å². The fourth-order valence-corrected chi connectivity index (χ4v) is 10.00. The number of sulfonamides is 1. The molecule has 3 heterocycles.